The number of carboxylic acids is 1. The fourth-order valence-corrected chi connectivity index (χ4v) is 3.86. The molecular formula is C24H26N4O2. The predicted molar refractivity (Wildman–Crippen MR) is 120 cm³/mol. The van der Waals surface area contributed by atoms with Crippen molar-refractivity contribution in [2.24, 2.45) is 0 Å². The highest BCUT2D eigenvalue weighted by molar-refractivity contribution is 5.93. The minimum atomic E-state index is -0.959. The first-order valence-electron chi connectivity index (χ1n) is 10.2. The van der Waals surface area contributed by atoms with Gasteiger partial charge in [0.05, 0.1) is 23.5 Å². The van der Waals surface area contributed by atoms with Gasteiger partial charge in [0.1, 0.15) is 0 Å². The van der Waals surface area contributed by atoms with Crippen molar-refractivity contribution in [1.29, 1.82) is 0 Å². The zero-order valence-corrected chi connectivity index (χ0v) is 17.2. The number of carbonyl (C=O) groups is 1. The number of hydrogen-bond donors (Lipinski definition) is 3. The Hall–Kier alpha value is -3.38. The summed E-state index contributed by atoms with van der Waals surface area (Å²) in [6.45, 7) is 3.54. The summed E-state index contributed by atoms with van der Waals surface area (Å²) in [7, 11) is 2.08. The molecule has 0 fully saturated rings. The van der Waals surface area contributed by atoms with Crippen LogP contribution in [0.5, 0.6) is 0 Å². The van der Waals surface area contributed by atoms with Crippen LogP contribution in [0.3, 0.4) is 0 Å². The summed E-state index contributed by atoms with van der Waals surface area (Å²) in [6.07, 6.45) is 4.09. The lowest BCUT2D eigenvalue weighted by Gasteiger charge is -2.21. The van der Waals surface area contributed by atoms with Gasteiger partial charge in [0.2, 0.25) is 0 Å². The van der Waals surface area contributed by atoms with Crippen molar-refractivity contribution < 1.29 is 9.90 Å². The molecule has 1 aliphatic rings. The molecule has 4 rings (SSSR count). The maximum atomic E-state index is 11.4. The number of benzene rings is 2. The fourth-order valence-electron chi connectivity index (χ4n) is 3.86. The summed E-state index contributed by atoms with van der Waals surface area (Å²) in [5.41, 5.74) is 6.91. The van der Waals surface area contributed by atoms with Gasteiger partial charge in [0, 0.05) is 37.7 Å². The minimum Gasteiger partial charge on any atom is -0.478 e. The van der Waals surface area contributed by atoms with Crippen molar-refractivity contribution >= 4 is 23.0 Å². The number of rotatable bonds is 7. The molecule has 0 saturated heterocycles. The second-order valence-electron chi connectivity index (χ2n) is 7.50. The van der Waals surface area contributed by atoms with Crippen LogP contribution >= 0.6 is 0 Å². The lowest BCUT2D eigenvalue weighted by Crippen LogP contribution is -2.22. The zero-order valence-electron chi connectivity index (χ0n) is 17.2. The third-order valence-corrected chi connectivity index (χ3v) is 5.71. The van der Waals surface area contributed by atoms with E-state index in [9.17, 15) is 9.90 Å². The van der Waals surface area contributed by atoms with Crippen molar-refractivity contribution in [2.45, 2.75) is 25.9 Å². The average Bonchev–Trinajstić information content (AvgIpc) is 3.19. The topological polar surface area (TPSA) is 77.5 Å². The number of aryl methyl sites for hydroxylation is 1. The van der Waals surface area contributed by atoms with Gasteiger partial charge in [-0.05, 0) is 53.4 Å². The van der Waals surface area contributed by atoms with Crippen molar-refractivity contribution in [2.75, 3.05) is 23.8 Å². The highest BCUT2D eigenvalue weighted by Gasteiger charge is 2.23. The lowest BCUT2D eigenvalue weighted by atomic mass is 10.0. The first-order chi connectivity index (χ1) is 14.6. The number of hydrogen-bond acceptors (Lipinski definition) is 5. The van der Waals surface area contributed by atoms with Gasteiger partial charge < -0.3 is 20.6 Å². The van der Waals surface area contributed by atoms with Crippen LogP contribution in [0.15, 0.2) is 60.9 Å². The van der Waals surface area contributed by atoms with Gasteiger partial charge in [0.25, 0.3) is 0 Å². The number of pyridine rings is 1. The molecule has 3 aromatic rings. The number of aromatic nitrogens is 1. The van der Waals surface area contributed by atoms with Gasteiger partial charge in [-0.2, -0.15) is 0 Å². The number of nitrogens with one attached hydrogen (secondary N) is 2. The van der Waals surface area contributed by atoms with E-state index in [1.165, 1.54) is 29.0 Å². The second kappa shape index (κ2) is 8.55. The van der Waals surface area contributed by atoms with E-state index < -0.39 is 5.97 Å². The van der Waals surface area contributed by atoms with E-state index in [0.29, 0.717) is 12.2 Å². The molecule has 30 heavy (non-hydrogen) atoms. The zero-order chi connectivity index (χ0) is 21.1. The van der Waals surface area contributed by atoms with E-state index in [2.05, 4.69) is 77.0 Å². The van der Waals surface area contributed by atoms with Crippen LogP contribution in [0.1, 0.15) is 40.0 Å². The molecule has 2 heterocycles. The predicted octanol–water partition coefficient (Wildman–Crippen LogP) is 4.37. The number of nitrogens with zero attached hydrogens (tertiary/aromatic N) is 2. The molecule has 0 spiro atoms. The van der Waals surface area contributed by atoms with E-state index in [1.54, 1.807) is 6.20 Å². The van der Waals surface area contributed by atoms with E-state index in [0.717, 1.165) is 24.3 Å². The Kier molecular flexibility index (Phi) is 5.68. The van der Waals surface area contributed by atoms with E-state index >= 15 is 0 Å². The number of fused-ring (bicyclic) bond motifs is 1. The first kappa shape index (κ1) is 19.9. The highest BCUT2D eigenvalue weighted by Crippen LogP contribution is 2.32. The largest absolute Gasteiger partial charge is 0.478 e. The normalized spacial score (nSPS) is 14.9. The Morgan fingerprint density at radius 2 is 1.97 bits per heavy atom. The molecule has 0 radical (unpaired) electrons. The molecule has 0 unspecified atom stereocenters. The summed E-state index contributed by atoms with van der Waals surface area (Å²) in [5, 5.41) is 16.1. The summed E-state index contributed by atoms with van der Waals surface area (Å²) in [4.78, 5) is 17.6. The molecule has 0 amide bonds. The number of carboxylic acid groups (broad SMARTS) is 1. The molecule has 0 aliphatic carbocycles. The van der Waals surface area contributed by atoms with Crippen LogP contribution in [0.4, 0.5) is 17.1 Å². The third kappa shape index (κ3) is 4.00. The van der Waals surface area contributed by atoms with Gasteiger partial charge in [-0.1, -0.05) is 25.1 Å². The van der Waals surface area contributed by atoms with Crippen molar-refractivity contribution in [3.63, 3.8) is 0 Å². The molecule has 6 heteroatoms. The van der Waals surface area contributed by atoms with Crippen molar-refractivity contribution in [3.8, 4) is 0 Å². The molecule has 1 atom stereocenters. The summed E-state index contributed by atoms with van der Waals surface area (Å²) in [5.74, 6) is -0.959. The number of aromatic carboxylic acids is 1. The Labute approximate surface area is 176 Å². The Balaban J connectivity index is 1.48. The maximum Gasteiger partial charge on any atom is 0.337 e. The molecule has 1 aliphatic heterocycles. The maximum absolute atomic E-state index is 11.4. The molecule has 2 aromatic carbocycles. The minimum absolute atomic E-state index is 0.116. The van der Waals surface area contributed by atoms with Crippen LogP contribution in [0.2, 0.25) is 0 Å². The Morgan fingerprint density at radius 1 is 1.20 bits per heavy atom. The van der Waals surface area contributed by atoms with Crippen LogP contribution < -0.4 is 15.5 Å². The third-order valence-electron chi connectivity index (χ3n) is 5.71. The standard InChI is InChI=1S/C24H26N4O2/c1-3-16-4-6-18(7-5-16)28(2)19-8-9-20-17(12-19)13-26-23(20)15-27-22-14-25-11-10-21(22)24(29)30/h4-12,14,23,26-27H,3,13,15H2,1-2H3,(H,29,30)/t23-/m1/s1. The molecule has 0 saturated carbocycles. The van der Waals surface area contributed by atoms with Crippen LogP contribution in [0, 0.1) is 0 Å². The first-order valence-corrected chi connectivity index (χ1v) is 10.2. The quantitative estimate of drug-likeness (QED) is 0.545. The Bertz CT molecular complexity index is 1050. The van der Waals surface area contributed by atoms with Gasteiger partial charge in [-0.15, -0.1) is 0 Å². The van der Waals surface area contributed by atoms with E-state index in [-0.39, 0.29) is 11.6 Å². The van der Waals surface area contributed by atoms with Crippen LogP contribution in [-0.2, 0) is 13.0 Å². The highest BCUT2D eigenvalue weighted by atomic mass is 16.4. The van der Waals surface area contributed by atoms with Crippen LogP contribution in [-0.4, -0.2) is 29.7 Å². The Morgan fingerprint density at radius 3 is 2.70 bits per heavy atom. The fraction of sp³-hybridized carbons (Fsp3) is 0.250. The second-order valence-corrected chi connectivity index (χ2v) is 7.50. The SMILES string of the molecule is CCc1ccc(N(C)c2ccc3c(c2)CN[C@@H]3CNc2cnccc2C(=O)O)cc1. The monoisotopic (exact) mass is 402 g/mol. The van der Waals surface area contributed by atoms with Crippen molar-refractivity contribution in [1.82, 2.24) is 10.3 Å². The van der Waals surface area contributed by atoms with Gasteiger partial charge in [-0.3, -0.25) is 4.98 Å². The van der Waals surface area contributed by atoms with Crippen LogP contribution in [0.25, 0.3) is 0 Å². The van der Waals surface area contributed by atoms with Gasteiger partial charge in [-0.25, -0.2) is 4.79 Å². The summed E-state index contributed by atoms with van der Waals surface area (Å²) < 4.78 is 0. The molecule has 3 N–H and O–H groups in total. The van der Waals surface area contributed by atoms with Gasteiger partial charge in [0.15, 0.2) is 0 Å². The summed E-state index contributed by atoms with van der Waals surface area (Å²) in [6, 6.07) is 16.8. The van der Waals surface area contributed by atoms with Gasteiger partial charge >= 0.3 is 5.97 Å². The van der Waals surface area contributed by atoms with E-state index in [1.807, 2.05) is 0 Å². The molecule has 6 nitrogen and oxygen atoms in total. The summed E-state index contributed by atoms with van der Waals surface area (Å²) >= 11 is 0. The average molecular weight is 402 g/mol. The molecule has 0 bridgehead atoms. The van der Waals surface area contributed by atoms with Crippen molar-refractivity contribution in [3.05, 3.63) is 83.2 Å². The smallest absolute Gasteiger partial charge is 0.337 e. The molecular weight excluding hydrogens is 376 g/mol. The molecule has 1 aromatic heterocycles. The van der Waals surface area contributed by atoms with E-state index in [4.69, 9.17) is 0 Å². The lowest BCUT2D eigenvalue weighted by molar-refractivity contribution is 0.0698. The molecule has 154 valence electrons. The number of anilines is 3.